The molecule has 0 bridgehead atoms. The molecule has 0 aromatic heterocycles. The zero-order chi connectivity index (χ0) is 22.7. The second kappa shape index (κ2) is 10.1. The Hall–Kier alpha value is -1.98. The third-order valence-corrected chi connectivity index (χ3v) is 8.15. The first-order valence-electron chi connectivity index (χ1n) is 9.31. The fourth-order valence-electron chi connectivity index (χ4n) is 3.52. The van der Waals surface area contributed by atoms with Gasteiger partial charge in [0.1, 0.15) is 6.54 Å². The standard InChI is InChI=1S/C19H18Br2ClN3O6/c20-12-5-10-11(6-13(12)21)19(30)25(18(10)29)7-16(27)31-8-15(26)23-24-17(28)9-3-1-2-4-14(9)22/h1-4,10-13H,5-8H2,(H,23,26)(H,24,28)/t10-,11-,12+,13+/m1/s1. The summed E-state index contributed by atoms with van der Waals surface area (Å²) in [5.41, 5.74) is 4.40. The molecule has 1 saturated heterocycles. The van der Waals surface area contributed by atoms with Gasteiger partial charge in [-0.2, -0.15) is 0 Å². The fraction of sp³-hybridized carbons (Fsp3) is 0.421. The van der Waals surface area contributed by atoms with Crippen LogP contribution in [0.5, 0.6) is 0 Å². The zero-order valence-corrected chi connectivity index (χ0v) is 19.9. The van der Waals surface area contributed by atoms with E-state index in [-0.39, 0.29) is 20.2 Å². The highest BCUT2D eigenvalue weighted by Gasteiger charge is 2.52. The smallest absolute Gasteiger partial charge is 0.326 e. The molecule has 1 heterocycles. The number of benzene rings is 1. The number of hydrogen-bond acceptors (Lipinski definition) is 6. The SMILES string of the molecule is O=C(COC(=O)CN1C(=O)[C@@H]2C[C@H](Br)[C@@H](Br)C[C@H]2C1=O)NNC(=O)c1ccccc1Cl. The summed E-state index contributed by atoms with van der Waals surface area (Å²) in [4.78, 5) is 61.9. The maximum Gasteiger partial charge on any atom is 0.326 e. The molecule has 166 valence electrons. The van der Waals surface area contributed by atoms with Gasteiger partial charge in [-0.1, -0.05) is 55.6 Å². The summed E-state index contributed by atoms with van der Waals surface area (Å²) in [7, 11) is 0. The molecule has 4 amide bonds. The molecule has 3 rings (SSSR count). The van der Waals surface area contributed by atoms with E-state index >= 15 is 0 Å². The maximum absolute atomic E-state index is 12.5. The summed E-state index contributed by atoms with van der Waals surface area (Å²) < 4.78 is 4.83. The summed E-state index contributed by atoms with van der Waals surface area (Å²) in [6.45, 7) is -1.26. The predicted octanol–water partition coefficient (Wildman–Crippen LogP) is 1.57. The first-order valence-corrected chi connectivity index (χ1v) is 11.5. The second-order valence-electron chi connectivity index (χ2n) is 7.12. The van der Waals surface area contributed by atoms with Crippen LogP contribution in [-0.4, -0.2) is 57.3 Å². The molecule has 1 aliphatic heterocycles. The van der Waals surface area contributed by atoms with Crippen LogP contribution in [0.1, 0.15) is 23.2 Å². The molecule has 31 heavy (non-hydrogen) atoms. The number of carbonyl (C=O) groups is 5. The molecule has 1 aliphatic carbocycles. The van der Waals surface area contributed by atoms with Crippen molar-refractivity contribution < 1.29 is 28.7 Å². The van der Waals surface area contributed by atoms with Crippen LogP contribution in [0.15, 0.2) is 24.3 Å². The van der Waals surface area contributed by atoms with E-state index in [2.05, 4.69) is 42.7 Å². The molecule has 1 aromatic rings. The molecule has 9 nitrogen and oxygen atoms in total. The monoisotopic (exact) mass is 577 g/mol. The van der Waals surface area contributed by atoms with E-state index in [4.69, 9.17) is 16.3 Å². The Morgan fingerprint density at radius 1 is 1.03 bits per heavy atom. The summed E-state index contributed by atoms with van der Waals surface area (Å²) in [5.74, 6) is -4.11. The minimum atomic E-state index is -0.904. The number of hydrazine groups is 1. The van der Waals surface area contributed by atoms with E-state index in [9.17, 15) is 24.0 Å². The third-order valence-electron chi connectivity index (χ3n) is 5.09. The number of halogens is 3. The van der Waals surface area contributed by atoms with Crippen molar-refractivity contribution in [1.82, 2.24) is 15.8 Å². The van der Waals surface area contributed by atoms with Gasteiger partial charge in [-0.3, -0.25) is 39.7 Å². The van der Waals surface area contributed by atoms with Gasteiger partial charge < -0.3 is 4.74 Å². The van der Waals surface area contributed by atoms with Crippen molar-refractivity contribution in [2.45, 2.75) is 22.5 Å². The summed E-state index contributed by atoms with van der Waals surface area (Å²) >= 11 is 12.9. The number of alkyl halides is 2. The minimum absolute atomic E-state index is 0.0575. The van der Waals surface area contributed by atoms with Crippen LogP contribution in [0.25, 0.3) is 0 Å². The zero-order valence-electron chi connectivity index (χ0n) is 16.0. The summed E-state index contributed by atoms with van der Waals surface area (Å²) in [6, 6.07) is 6.25. The van der Waals surface area contributed by atoms with Crippen LogP contribution in [0.4, 0.5) is 0 Å². The van der Waals surface area contributed by atoms with E-state index < -0.39 is 54.6 Å². The Kier molecular flexibility index (Phi) is 7.71. The van der Waals surface area contributed by atoms with Crippen molar-refractivity contribution in [1.29, 1.82) is 0 Å². The summed E-state index contributed by atoms with van der Waals surface area (Å²) in [5, 5.41) is 0.207. The molecule has 4 atom stereocenters. The lowest BCUT2D eigenvalue weighted by molar-refractivity contribution is -0.155. The largest absolute Gasteiger partial charge is 0.454 e. The van der Waals surface area contributed by atoms with Gasteiger partial charge in [0.25, 0.3) is 11.8 Å². The fourth-order valence-corrected chi connectivity index (χ4v) is 4.97. The molecule has 1 aromatic carbocycles. The topological polar surface area (TPSA) is 122 Å². The molecule has 0 unspecified atom stereocenters. The number of nitrogens with zero attached hydrogens (tertiary/aromatic N) is 1. The number of carbonyl (C=O) groups excluding carboxylic acids is 5. The first-order chi connectivity index (χ1) is 14.7. The van der Waals surface area contributed by atoms with E-state index in [1.165, 1.54) is 12.1 Å². The number of rotatable bonds is 5. The van der Waals surface area contributed by atoms with Crippen molar-refractivity contribution in [3.8, 4) is 0 Å². The molecular formula is C19H18Br2ClN3O6. The molecule has 2 aliphatic rings. The lowest BCUT2D eigenvalue weighted by Gasteiger charge is -2.29. The van der Waals surface area contributed by atoms with Gasteiger partial charge in [0.05, 0.1) is 22.4 Å². The van der Waals surface area contributed by atoms with Crippen molar-refractivity contribution in [3.63, 3.8) is 0 Å². The third kappa shape index (κ3) is 5.45. The number of nitrogens with one attached hydrogen (secondary N) is 2. The summed E-state index contributed by atoms with van der Waals surface area (Å²) in [6.07, 6.45) is 0.981. The maximum atomic E-state index is 12.5. The molecule has 2 fully saturated rings. The number of likely N-dealkylation sites (tertiary alicyclic amines) is 1. The molecule has 0 spiro atoms. The number of hydrogen-bond donors (Lipinski definition) is 2. The first kappa shape index (κ1) is 23.7. The second-order valence-corrected chi connectivity index (χ2v) is 9.88. The molecule has 2 N–H and O–H groups in total. The Bertz CT molecular complexity index is 902. The van der Waals surface area contributed by atoms with Gasteiger partial charge in [0.15, 0.2) is 6.61 Å². The molecule has 0 radical (unpaired) electrons. The van der Waals surface area contributed by atoms with Crippen molar-refractivity contribution in [3.05, 3.63) is 34.9 Å². The molecular weight excluding hydrogens is 561 g/mol. The number of ether oxygens (including phenoxy) is 1. The highest BCUT2D eigenvalue weighted by Crippen LogP contribution is 2.43. The van der Waals surface area contributed by atoms with E-state index in [0.29, 0.717) is 12.8 Å². The average Bonchev–Trinajstić information content (AvgIpc) is 2.95. The van der Waals surface area contributed by atoms with Crippen molar-refractivity contribution in [2.24, 2.45) is 11.8 Å². The van der Waals surface area contributed by atoms with Gasteiger partial charge >= 0.3 is 5.97 Å². The molecule has 12 heteroatoms. The minimum Gasteiger partial charge on any atom is -0.454 e. The number of imide groups is 1. The van der Waals surface area contributed by atoms with Crippen LogP contribution in [0.3, 0.4) is 0 Å². The van der Waals surface area contributed by atoms with E-state index in [1.54, 1.807) is 12.1 Å². The Labute approximate surface area is 199 Å². The van der Waals surface area contributed by atoms with Crippen LogP contribution in [0.2, 0.25) is 5.02 Å². The van der Waals surface area contributed by atoms with E-state index in [0.717, 1.165) is 4.90 Å². The number of esters is 1. The van der Waals surface area contributed by atoms with Crippen LogP contribution >= 0.6 is 43.5 Å². The van der Waals surface area contributed by atoms with Crippen LogP contribution < -0.4 is 10.9 Å². The van der Waals surface area contributed by atoms with Gasteiger partial charge in [0.2, 0.25) is 11.8 Å². The molecule has 1 saturated carbocycles. The van der Waals surface area contributed by atoms with E-state index in [1.807, 2.05) is 0 Å². The van der Waals surface area contributed by atoms with Gasteiger partial charge in [-0.05, 0) is 25.0 Å². The quantitative estimate of drug-likeness (QED) is 0.237. The Morgan fingerprint density at radius 3 is 2.19 bits per heavy atom. The Morgan fingerprint density at radius 2 is 1.61 bits per heavy atom. The van der Waals surface area contributed by atoms with Crippen LogP contribution in [0, 0.1) is 11.8 Å². The Balaban J connectivity index is 1.45. The van der Waals surface area contributed by atoms with Gasteiger partial charge in [0, 0.05) is 9.65 Å². The normalized spacial score (nSPS) is 25.1. The highest BCUT2D eigenvalue weighted by molar-refractivity contribution is 9.12. The number of fused-ring (bicyclic) bond motifs is 1. The number of amides is 4. The lowest BCUT2D eigenvalue weighted by atomic mass is 9.81. The van der Waals surface area contributed by atoms with Gasteiger partial charge in [-0.25, -0.2) is 0 Å². The van der Waals surface area contributed by atoms with Gasteiger partial charge in [-0.15, -0.1) is 0 Å². The van der Waals surface area contributed by atoms with Crippen LogP contribution in [-0.2, 0) is 23.9 Å². The predicted molar refractivity (Wildman–Crippen MR) is 116 cm³/mol. The average molecular weight is 580 g/mol. The van der Waals surface area contributed by atoms with Crippen molar-refractivity contribution in [2.75, 3.05) is 13.2 Å². The van der Waals surface area contributed by atoms with Crippen molar-refractivity contribution >= 4 is 73.1 Å². The lowest BCUT2D eigenvalue weighted by Crippen LogP contribution is -2.44. The highest BCUT2D eigenvalue weighted by atomic mass is 79.9.